The summed E-state index contributed by atoms with van der Waals surface area (Å²) in [7, 11) is 0. The minimum absolute atomic E-state index is 0.191. The van der Waals surface area contributed by atoms with E-state index in [1.807, 2.05) is 0 Å². The third-order valence-electron chi connectivity index (χ3n) is 3.38. The molecule has 0 fully saturated rings. The van der Waals surface area contributed by atoms with Crippen LogP contribution in [0.5, 0.6) is 0 Å². The molecule has 0 radical (unpaired) electrons. The van der Waals surface area contributed by atoms with Gasteiger partial charge in [0.15, 0.2) is 0 Å². The highest BCUT2D eigenvalue weighted by Crippen LogP contribution is 2.38. The fraction of sp³-hybridized carbons (Fsp3) is 0.562. The Morgan fingerprint density at radius 2 is 1.63 bits per heavy atom. The summed E-state index contributed by atoms with van der Waals surface area (Å²) in [5.41, 5.74) is 9.31. The number of carbonyl (C=O) groups is 1. The number of carbonyl (C=O) groups excluding carboxylic acids is 1. The van der Waals surface area contributed by atoms with Gasteiger partial charge in [0.25, 0.3) is 0 Å². The van der Waals surface area contributed by atoms with Crippen molar-refractivity contribution in [1.29, 1.82) is 0 Å². The van der Waals surface area contributed by atoms with Crippen molar-refractivity contribution in [3.8, 4) is 0 Å². The molecule has 0 saturated carbocycles. The van der Waals surface area contributed by atoms with E-state index in [-0.39, 0.29) is 10.7 Å². The predicted molar refractivity (Wildman–Crippen MR) is 84.7 cm³/mol. The Morgan fingerprint density at radius 1 is 1.16 bits per heavy atom. The molecule has 1 amide bonds. The minimum Gasteiger partial charge on any atom is -0.370 e. The van der Waals surface area contributed by atoms with Crippen molar-refractivity contribution in [2.75, 3.05) is 0 Å². The summed E-state index contributed by atoms with van der Waals surface area (Å²) in [4.78, 5) is 11.2. The summed E-state index contributed by atoms with van der Waals surface area (Å²) in [6, 6.07) is 6.50. The smallest absolute Gasteiger partial charge is 0.217 e. The van der Waals surface area contributed by atoms with Crippen LogP contribution in [0.25, 0.3) is 0 Å². The van der Waals surface area contributed by atoms with Gasteiger partial charge in [-0.25, -0.2) is 0 Å². The Hall–Kier alpha value is -0.830. The van der Waals surface area contributed by atoms with Gasteiger partial charge in [0.2, 0.25) is 5.91 Å². The third-order valence-corrected chi connectivity index (χ3v) is 4.29. The van der Waals surface area contributed by atoms with E-state index in [0.717, 1.165) is 6.42 Å². The molecule has 0 saturated heterocycles. The van der Waals surface area contributed by atoms with Gasteiger partial charge in [-0.1, -0.05) is 61.8 Å². The van der Waals surface area contributed by atoms with E-state index in [2.05, 4.69) is 61.8 Å². The van der Waals surface area contributed by atoms with E-state index in [0.29, 0.717) is 18.3 Å². The molecule has 1 atom stereocenters. The maximum Gasteiger partial charge on any atom is 0.217 e. The first kappa shape index (κ1) is 16.2. The lowest BCUT2D eigenvalue weighted by Gasteiger charge is -2.23. The van der Waals surface area contributed by atoms with Crippen LogP contribution in [0.15, 0.2) is 18.2 Å². The molecule has 1 aromatic carbocycles. The molecule has 106 valence electrons. The molecule has 2 N–H and O–H groups in total. The Labute approximate surface area is 124 Å². The number of alkyl halides is 1. The van der Waals surface area contributed by atoms with Gasteiger partial charge in [-0.2, -0.15) is 0 Å². The van der Waals surface area contributed by atoms with Gasteiger partial charge in [-0.3, -0.25) is 4.79 Å². The first-order valence-corrected chi connectivity index (χ1v) is 7.81. The molecular weight excluding hydrogens is 302 g/mol. The van der Waals surface area contributed by atoms with Crippen molar-refractivity contribution < 1.29 is 4.79 Å². The molecule has 1 aromatic rings. The fourth-order valence-electron chi connectivity index (χ4n) is 2.38. The highest BCUT2D eigenvalue weighted by Gasteiger charge is 2.20. The molecule has 0 bridgehead atoms. The molecule has 2 nitrogen and oxygen atoms in total. The molecule has 0 aliphatic carbocycles. The van der Waals surface area contributed by atoms with Crippen molar-refractivity contribution >= 4 is 21.8 Å². The van der Waals surface area contributed by atoms with Gasteiger partial charge >= 0.3 is 0 Å². The summed E-state index contributed by atoms with van der Waals surface area (Å²) >= 11 is 3.75. The maximum absolute atomic E-state index is 11.0. The van der Waals surface area contributed by atoms with Crippen LogP contribution in [0, 0.1) is 0 Å². The molecule has 0 aromatic heterocycles. The third kappa shape index (κ3) is 4.34. The number of amides is 1. The summed E-state index contributed by atoms with van der Waals surface area (Å²) in [5.74, 6) is 0.710. The lowest BCUT2D eigenvalue weighted by atomic mass is 9.86. The summed E-state index contributed by atoms with van der Waals surface area (Å²) in [5, 5.41) is 0. The van der Waals surface area contributed by atoms with E-state index in [1.165, 1.54) is 16.7 Å². The first-order chi connectivity index (χ1) is 8.84. The van der Waals surface area contributed by atoms with Crippen LogP contribution in [0.2, 0.25) is 0 Å². The molecule has 1 rings (SSSR count). The number of nitrogens with two attached hydrogens (primary N) is 1. The van der Waals surface area contributed by atoms with Crippen LogP contribution in [0.1, 0.15) is 73.9 Å². The average Bonchev–Trinajstić information content (AvgIpc) is 2.34. The Morgan fingerprint density at radius 3 is 2.00 bits per heavy atom. The zero-order chi connectivity index (χ0) is 14.6. The van der Waals surface area contributed by atoms with Gasteiger partial charge in [0.05, 0.1) is 0 Å². The number of rotatable bonds is 6. The van der Waals surface area contributed by atoms with E-state index in [4.69, 9.17) is 5.73 Å². The molecule has 0 aliphatic heterocycles. The van der Waals surface area contributed by atoms with Gasteiger partial charge in [-0.15, -0.1) is 0 Å². The first-order valence-electron chi connectivity index (χ1n) is 6.89. The van der Waals surface area contributed by atoms with Gasteiger partial charge in [-0.05, 0) is 34.9 Å². The Balaban J connectivity index is 3.16. The van der Waals surface area contributed by atoms with E-state index in [1.54, 1.807) is 0 Å². The van der Waals surface area contributed by atoms with Crippen LogP contribution in [-0.2, 0) is 4.79 Å². The Bertz CT molecular complexity index is 414. The van der Waals surface area contributed by atoms with Crippen molar-refractivity contribution in [1.82, 2.24) is 0 Å². The highest BCUT2D eigenvalue weighted by molar-refractivity contribution is 9.09. The highest BCUT2D eigenvalue weighted by atomic mass is 79.9. The molecule has 19 heavy (non-hydrogen) atoms. The number of benzene rings is 1. The molecule has 0 heterocycles. The fourth-order valence-corrected chi connectivity index (χ4v) is 3.14. The van der Waals surface area contributed by atoms with E-state index < -0.39 is 0 Å². The van der Waals surface area contributed by atoms with Crippen LogP contribution in [-0.4, -0.2) is 5.91 Å². The zero-order valence-electron chi connectivity index (χ0n) is 12.2. The van der Waals surface area contributed by atoms with Crippen molar-refractivity contribution in [3.05, 3.63) is 34.9 Å². The topological polar surface area (TPSA) is 43.1 Å². The molecule has 3 heteroatoms. The second kappa shape index (κ2) is 7.09. The van der Waals surface area contributed by atoms with Crippen molar-refractivity contribution in [2.24, 2.45) is 5.73 Å². The van der Waals surface area contributed by atoms with Gasteiger partial charge < -0.3 is 5.73 Å². The molecule has 0 spiro atoms. The summed E-state index contributed by atoms with van der Waals surface area (Å²) in [6.07, 6.45) is 1.17. The van der Waals surface area contributed by atoms with Crippen LogP contribution < -0.4 is 5.73 Å². The molecule has 0 aliphatic rings. The van der Waals surface area contributed by atoms with Crippen LogP contribution in [0.3, 0.4) is 0 Å². The van der Waals surface area contributed by atoms with Gasteiger partial charge in [0, 0.05) is 11.2 Å². The lowest BCUT2D eigenvalue weighted by Crippen LogP contribution is -2.12. The van der Waals surface area contributed by atoms with Crippen LogP contribution >= 0.6 is 15.9 Å². The van der Waals surface area contributed by atoms with Crippen molar-refractivity contribution in [3.63, 3.8) is 0 Å². The second-order valence-electron chi connectivity index (χ2n) is 5.63. The normalized spacial score (nSPS) is 13.0. The van der Waals surface area contributed by atoms with Crippen LogP contribution in [0.4, 0.5) is 0 Å². The summed E-state index contributed by atoms with van der Waals surface area (Å²) in [6.45, 7) is 8.82. The van der Waals surface area contributed by atoms with Gasteiger partial charge in [0.1, 0.15) is 0 Å². The average molecular weight is 326 g/mol. The number of hydrogen-bond donors (Lipinski definition) is 1. The lowest BCUT2D eigenvalue weighted by molar-refractivity contribution is -0.118. The Kier molecular flexibility index (Phi) is 6.05. The number of hydrogen-bond acceptors (Lipinski definition) is 1. The SMILES string of the molecule is CC(C)c1cccc(C(C)C)c1C(Br)CCC(N)=O. The largest absolute Gasteiger partial charge is 0.370 e. The maximum atomic E-state index is 11.0. The minimum atomic E-state index is -0.238. The quantitative estimate of drug-likeness (QED) is 0.761. The predicted octanol–water partition coefficient (Wildman–Crippen LogP) is 4.63. The summed E-state index contributed by atoms with van der Waals surface area (Å²) < 4.78 is 0. The molecular formula is C16H24BrNO. The zero-order valence-corrected chi connectivity index (χ0v) is 13.8. The van der Waals surface area contributed by atoms with E-state index >= 15 is 0 Å². The molecule has 1 unspecified atom stereocenters. The standard InChI is InChI=1S/C16H24BrNO/c1-10(2)12-6-5-7-13(11(3)4)16(12)14(17)8-9-15(18)19/h5-7,10-11,14H,8-9H2,1-4H3,(H2,18,19). The monoisotopic (exact) mass is 325 g/mol. The number of primary amides is 1. The number of halogens is 1. The van der Waals surface area contributed by atoms with E-state index in [9.17, 15) is 4.79 Å². The second-order valence-corrected chi connectivity index (χ2v) is 6.74. The van der Waals surface area contributed by atoms with Crippen molar-refractivity contribution in [2.45, 2.75) is 57.2 Å².